The molecule has 88 valence electrons. The molecule has 2 aromatic rings. The van der Waals surface area contributed by atoms with Crippen LogP contribution in [0.5, 0.6) is 0 Å². The smallest absolute Gasteiger partial charge is 0.343 e. The zero-order valence-corrected chi connectivity index (χ0v) is 9.83. The summed E-state index contributed by atoms with van der Waals surface area (Å²) >= 11 is 0. The first-order chi connectivity index (χ1) is 7.91. The standard InChI is InChI=1S/C13H12O4/c1-6-4-9(12(14)15)5-10-11(6)7(2)8(3)17-13(10)16/h4-5H,1-3H3,(H,14,15). The molecule has 1 heterocycles. The molecule has 0 atom stereocenters. The third-order valence-electron chi connectivity index (χ3n) is 2.95. The summed E-state index contributed by atoms with van der Waals surface area (Å²) in [5.74, 6) is -0.485. The molecule has 0 saturated heterocycles. The molecule has 0 saturated carbocycles. The van der Waals surface area contributed by atoms with E-state index in [-0.39, 0.29) is 5.56 Å². The summed E-state index contributed by atoms with van der Waals surface area (Å²) in [5.41, 5.74) is 1.25. The van der Waals surface area contributed by atoms with E-state index in [1.54, 1.807) is 19.9 Å². The molecular formula is C13H12O4. The van der Waals surface area contributed by atoms with Crippen LogP contribution in [0.3, 0.4) is 0 Å². The van der Waals surface area contributed by atoms with Gasteiger partial charge in [-0.1, -0.05) is 0 Å². The lowest BCUT2D eigenvalue weighted by Gasteiger charge is -2.08. The van der Waals surface area contributed by atoms with Crippen LogP contribution in [0.15, 0.2) is 21.3 Å². The predicted molar refractivity (Wildman–Crippen MR) is 63.7 cm³/mol. The molecule has 4 heteroatoms. The van der Waals surface area contributed by atoms with Crippen LogP contribution in [0.25, 0.3) is 10.8 Å². The van der Waals surface area contributed by atoms with Crippen LogP contribution in [0.2, 0.25) is 0 Å². The van der Waals surface area contributed by atoms with Crippen LogP contribution >= 0.6 is 0 Å². The van der Waals surface area contributed by atoms with E-state index < -0.39 is 11.6 Å². The van der Waals surface area contributed by atoms with E-state index in [9.17, 15) is 9.59 Å². The lowest BCUT2D eigenvalue weighted by atomic mass is 9.99. The molecule has 1 aromatic carbocycles. The van der Waals surface area contributed by atoms with Crippen molar-refractivity contribution in [1.29, 1.82) is 0 Å². The molecule has 0 fully saturated rings. The second-order valence-corrected chi connectivity index (χ2v) is 4.09. The maximum Gasteiger partial charge on any atom is 0.343 e. The highest BCUT2D eigenvalue weighted by Gasteiger charge is 2.13. The Morgan fingerprint density at radius 1 is 1.24 bits per heavy atom. The molecule has 1 N–H and O–H groups in total. The van der Waals surface area contributed by atoms with Crippen molar-refractivity contribution in [2.24, 2.45) is 0 Å². The minimum atomic E-state index is -1.05. The number of hydrogen-bond acceptors (Lipinski definition) is 3. The summed E-state index contributed by atoms with van der Waals surface area (Å²) < 4.78 is 5.06. The van der Waals surface area contributed by atoms with Crippen molar-refractivity contribution in [2.75, 3.05) is 0 Å². The lowest BCUT2D eigenvalue weighted by Crippen LogP contribution is -2.06. The minimum Gasteiger partial charge on any atom is -0.478 e. The number of carbonyl (C=O) groups is 1. The Balaban J connectivity index is 3.01. The van der Waals surface area contributed by atoms with E-state index in [1.807, 2.05) is 6.92 Å². The van der Waals surface area contributed by atoms with Crippen molar-refractivity contribution < 1.29 is 14.3 Å². The molecule has 0 unspecified atom stereocenters. The van der Waals surface area contributed by atoms with E-state index >= 15 is 0 Å². The summed E-state index contributed by atoms with van der Waals surface area (Å²) in [4.78, 5) is 22.6. The van der Waals surface area contributed by atoms with Gasteiger partial charge in [0.25, 0.3) is 0 Å². The number of aromatic carboxylic acids is 1. The molecule has 2 rings (SSSR count). The van der Waals surface area contributed by atoms with Gasteiger partial charge in [-0.25, -0.2) is 9.59 Å². The van der Waals surface area contributed by atoms with Crippen LogP contribution in [-0.2, 0) is 0 Å². The van der Waals surface area contributed by atoms with E-state index in [0.717, 1.165) is 16.5 Å². The van der Waals surface area contributed by atoms with Gasteiger partial charge in [-0.15, -0.1) is 0 Å². The number of benzene rings is 1. The molecule has 0 aliphatic heterocycles. The van der Waals surface area contributed by atoms with Crippen LogP contribution in [0.4, 0.5) is 0 Å². The van der Waals surface area contributed by atoms with Gasteiger partial charge in [-0.3, -0.25) is 0 Å². The lowest BCUT2D eigenvalue weighted by molar-refractivity contribution is 0.0697. The number of rotatable bonds is 1. The SMILES string of the molecule is Cc1oc(=O)c2cc(C(=O)O)cc(C)c2c1C. The number of carboxylic acids is 1. The molecule has 0 aliphatic carbocycles. The molecule has 1 aromatic heterocycles. The fourth-order valence-corrected chi connectivity index (χ4v) is 2.02. The third-order valence-corrected chi connectivity index (χ3v) is 2.95. The fraction of sp³-hybridized carbons (Fsp3) is 0.231. The maximum absolute atomic E-state index is 11.7. The molecule has 4 nitrogen and oxygen atoms in total. The first-order valence-electron chi connectivity index (χ1n) is 5.19. The van der Waals surface area contributed by atoms with Crippen molar-refractivity contribution >= 4 is 16.7 Å². The van der Waals surface area contributed by atoms with Crippen LogP contribution in [0, 0.1) is 20.8 Å². The van der Waals surface area contributed by atoms with Gasteiger partial charge < -0.3 is 9.52 Å². The van der Waals surface area contributed by atoms with Gasteiger partial charge in [0.15, 0.2) is 0 Å². The van der Waals surface area contributed by atoms with Crippen LogP contribution in [-0.4, -0.2) is 11.1 Å². The van der Waals surface area contributed by atoms with Gasteiger partial charge in [0.2, 0.25) is 0 Å². The Labute approximate surface area is 97.5 Å². The zero-order valence-electron chi connectivity index (χ0n) is 9.83. The van der Waals surface area contributed by atoms with Crippen molar-refractivity contribution in [3.8, 4) is 0 Å². The Hall–Kier alpha value is -2.10. The molecule has 0 spiro atoms. The molecular weight excluding hydrogens is 220 g/mol. The molecule has 17 heavy (non-hydrogen) atoms. The number of hydrogen-bond donors (Lipinski definition) is 1. The first kappa shape index (κ1) is 11.4. The largest absolute Gasteiger partial charge is 0.478 e. The quantitative estimate of drug-likeness (QED) is 0.819. The fourth-order valence-electron chi connectivity index (χ4n) is 2.02. The van der Waals surface area contributed by atoms with Crippen LogP contribution < -0.4 is 5.63 Å². The summed E-state index contributed by atoms with van der Waals surface area (Å²) in [5, 5.41) is 10.1. The maximum atomic E-state index is 11.7. The summed E-state index contributed by atoms with van der Waals surface area (Å²) in [7, 11) is 0. The minimum absolute atomic E-state index is 0.102. The average molecular weight is 232 g/mol. The van der Waals surface area contributed by atoms with Crippen molar-refractivity contribution in [3.05, 3.63) is 45.0 Å². The third kappa shape index (κ3) is 1.71. The Kier molecular flexibility index (Phi) is 2.50. The van der Waals surface area contributed by atoms with E-state index in [2.05, 4.69) is 0 Å². The van der Waals surface area contributed by atoms with Gasteiger partial charge in [-0.2, -0.15) is 0 Å². The number of carboxylic acid groups (broad SMARTS) is 1. The zero-order chi connectivity index (χ0) is 12.7. The first-order valence-corrected chi connectivity index (χ1v) is 5.19. The van der Waals surface area contributed by atoms with Gasteiger partial charge in [0, 0.05) is 0 Å². The topological polar surface area (TPSA) is 67.5 Å². The van der Waals surface area contributed by atoms with Crippen molar-refractivity contribution in [2.45, 2.75) is 20.8 Å². The number of fused-ring (bicyclic) bond motifs is 1. The highest BCUT2D eigenvalue weighted by atomic mass is 16.4. The Bertz CT molecular complexity index is 680. The molecule has 0 radical (unpaired) electrons. The highest BCUT2D eigenvalue weighted by molar-refractivity contribution is 5.96. The Morgan fingerprint density at radius 2 is 1.88 bits per heavy atom. The van der Waals surface area contributed by atoms with Crippen LogP contribution in [0.1, 0.15) is 27.2 Å². The molecule has 0 amide bonds. The summed E-state index contributed by atoms with van der Waals surface area (Å²) in [6.07, 6.45) is 0. The Morgan fingerprint density at radius 3 is 2.47 bits per heavy atom. The van der Waals surface area contributed by atoms with Crippen molar-refractivity contribution in [1.82, 2.24) is 0 Å². The second kappa shape index (κ2) is 3.73. The van der Waals surface area contributed by atoms with Gasteiger partial charge in [0.05, 0.1) is 10.9 Å². The molecule has 0 aliphatic rings. The van der Waals surface area contributed by atoms with Gasteiger partial charge in [0.1, 0.15) is 5.76 Å². The highest BCUT2D eigenvalue weighted by Crippen LogP contribution is 2.23. The van der Waals surface area contributed by atoms with Gasteiger partial charge >= 0.3 is 11.6 Å². The van der Waals surface area contributed by atoms with Crippen molar-refractivity contribution in [3.63, 3.8) is 0 Å². The number of aryl methyl sites for hydroxylation is 3. The van der Waals surface area contributed by atoms with E-state index in [4.69, 9.17) is 9.52 Å². The van der Waals surface area contributed by atoms with E-state index in [1.165, 1.54) is 6.07 Å². The average Bonchev–Trinajstić information content (AvgIpc) is 2.25. The summed E-state index contributed by atoms with van der Waals surface area (Å²) in [6, 6.07) is 2.93. The van der Waals surface area contributed by atoms with Gasteiger partial charge in [-0.05, 0) is 49.4 Å². The monoisotopic (exact) mass is 232 g/mol. The second-order valence-electron chi connectivity index (χ2n) is 4.09. The predicted octanol–water partition coefficient (Wildman–Crippen LogP) is 2.42. The summed E-state index contributed by atoms with van der Waals surface area (Å²) in [6.45, 7) is 5.37. The normalized spacial score (nSPS) is 10.8. The molecule has 0 bridgehead atoms. The van der Waals surface area contributed by atoms with E-state index in [0.29, 0.717) is 11.1 Å².